The summed E-state index contributed by atoms with van der Waals surface area (Å²) in [5, 5.41) is 24.9. The van der Waals surface area contributed by atoms with Gasteiger partial charge in [-0.25, -0.2) is 9.59 Å². The van der Waals surface area contributed by atoms with E-state index >= 15 is 0 Å². The van der Waals surface area contributed by atoms with Crippen molar-refractivity contribution in [3.8, 4) is 11.5 Å². The van der Waals surface area contributed by atoms with Crippen LogP contribution in [-0.2, 0) is 27.3 Å². The van der Waals surface area contributed by atoms with E-state index in [0.29, 0.717) is 5.56 Å². The van der Waals surface area contributed by atoms with Crippen LogP contribution < -0.4 is 21.0 Å². The zero-order valence-electron chi connectivity index (χ0n) is 19.4. The second-order valence-corrected chi connectivity index (χ2v) is 8.22. The number of hydrogen-bond donors (Lipinski definition) is 5. The van der Waals surface area contributed by atoms with Crippen molar-refractivity contribution in [1.29, 1.82) is 0 Å². The van der Waals surface area contributed by atoms with Crippen LogP contribution in [0.3, 0.4) is 0 Å². The Labute approximate surface area is 197 Å². The number of phenolic OH excluding ortho intramolecular Hbond substituents is 1. The third-order valence-electron chi connectivity index (χ3n) is 4.37. The number of rotatable bonds is 9. The average molecular weight is 475 g/mol. The zero-order valence-corrected chi connectivity index (χ0v) is 19.4. The van der Waals surface area contributed by atoms with Gasteiger partial charge >= 0.3 is 18.2 Å². The van der Waals surface area contributed by atoms with Crippen LogP contribution in [0.1, 0.15) is 31.9 Å². The Bertz CT molecular complexity index is 1010. The Morgan fingerprint density at radius 1 is 1.03 bits per heavy atom. The number of anilines is 1. The molecule has 0 spiro atoms. The smallest absolute Gasteiger partial charge is 0.441 e. The van der Waals surface area contributed by atoms with E-state index in [9.17, 15) is 24.6 Å². The average Bonchev–Trinajstić information content (AvgIpc) is 2.76. The molecular weight excluding hydrogens is 446 g/mol. The summed E-state index contributed by atoms with van der Waals surface area (Å²) in [5.41, 5.74) is 2.21. The molecule has 1 atom stereocenters. The van der Waals surface area contributed by atoms with Crippen LogP contribution in [0, 0.1) is 0 Å². The van der Waals surface area contributed by atoms with Gasteiger partial charge in [0.1, 0.15) is 18.2 Å². The molecule has 11 nitrogen and oxygen atoms in total. The molecule has 5 N–H and O–H groups in total. The van der Waals surface area contributed by atoms with Gasteiger partial charge in [-0.1, -0.05) is 36.4 Å². The third-order valence-corrected chi connectivity index (χ3v) is 4.37. The van der Waals surface area contributed by atoms with Crippen LogP contribution in [0.25, 0.3) is 0 Å². The normalized spacial score (nSPS) is 11.8. The maximum atomic E-state index is 12.5. The Kier molecular flexibility index (Phi) is 9.08. The number of phenols is 1. The summed E-state index contributed by atoms with van der Waals surface area (Å²) in [6.45, 7) is 4.94. The maximum absolute atomic E-state index is 12.5. The van der Waals surface area contributed by atoms with Gasteiger partial charge < -0.3 is 29.8 Å². The molecular formula is C23H29N3O8. The number of aromatic hydroxyl groups is 1. The van der Waals surface area contributed by atoms with Crippen LogP contribution in [0.15, 0.2) is 42.5 Å². The lowest BCUT2D eigenvalue weighted by Gasteiger charge is -2.21. The summed E-state index contributed by atoms with van der Waals surface area (Å²) < 4.78 is 10.3. The minimum atomic E-state index is -1.12. The number of ether oxygens (including phenoxy) is 2. The molecule has 0 radical (unpaired) electrons. The topological polar surface area (TPSA) is 155 Å². The molecule has 0 aliphatic heterocycles. The quantitative estimate of drug-likeness (QED) is 0.344. The van der Waals surface area contributed by atoms with Crippen molar-refractivity contribution in [2.24, 2.45) is 0 Å². The van der Waals surface area contributed by atoms with E-state index in [2.05, 4.69) is 10.6 Å². The van der Waals surface area contributed by atoms with Crippen molar-refractivity contribution >= 4 is 23.8 Å². The van der Waals surface area contributed by atoms with Gasteiger partial charge in [0, 0.05) is 6.42 Å². The Hall–Kier alpha value is -3.99. The molecule has 0 aliphatic rings. The molecule has 11 heteroatoms. The van der Waals surface area contributed by atoms with Crippen LogP contribution in [0.4, 0.5) is 15.3 Å². The van der Waals surface area contributed by atoms with Crippen LogP contribution in [0.5, 0.6) is 11.5 Å². The molecule has 0 aromatic heterocycles. The van der Waals surface area contributed by atoms with Gasteiger partial charge in [-0.3, -0.25) is 10.1 Å². The molecule has 34 heavy (non-hydrogen) atoms. The SMILES string of the molecule is CN[C@@H](Cc1ccc(O)c(ONC(=O)OC(C)(C)C)c1NC(=O)OCc1ccccc1)C(=O)O. The lowest BCUT2D eigenvalue weighted by molar-refractivity contribution is -0.139. The first-order valence-electron chi connectivity index (χ1n) is 10.4. The van der Waals surface area contributed by atoms with Crippen LogP contribution >= 0.6 is 0 Å². The molecule has 2 rings (SSSR count). The minimum Gasteiger partial charge on any atom is -0.504 e. The molecule has 184 valence electrons. The number of carbonyl (C=O) groups is 3. The van der Waals surface area contributed by atoms with Gasteiger partial charge in [0.25, 0.3) is 0 Å². The van der Waals surface area contributed by atoms with Gasteiger partial charge in [0.05, 0.1) is 5.69 Å². The number of carboxylic acid groups (broad SMARTS) is 1. The molecule has 0 bridgehead atoms. The van der Waals surface area contributed by atoms with E-state index in [1.165, 1.54) is 19.2 Å². The fraction of sp³-hybridized carbons (Fsp3) is 0.348. The molecule has 2 aromatic rings. The fourth-order valence-electron chi connectivity index (χ4n) is 2.81. The van der Waals surface area contributed by atoms with Crippen molar-refractivity contribution in [3.63, 3.8) is 0 Å². The maximum Gasteiger partial charge on any atom is 0.441 e. The summed E-state index contributed by atoms with van der Waals surface area (Å²) >= 11 is 0. The van der Waals surface area contributed by atoms with Gasteiger partial charge in [-0.05, 0) is 45.0 Å². The van der Waals surface area contributed by atoms with Gasteiger partial charge in [0.2, 0.25) is 5.75 Å². The van der Waals surface area contributed by atoms with Crippen molar-refractivity contribution in [3.05, 3.63) is 53.6 Å². The number of aliphatic carboxylic acids is 1. The monoisotopic (exact) mass is 475 g/mol. The van der Waals surface area contributed by atoms with Crippen molar-refractivity contribution in [2.45, 2.75) is 45.4 Å². The molecule has 0 saturated carbocycles. The Balaban J connectivity index is 2.29. The summed E-state index contributed by atoms with van der Waals surface area (Å²) in [6.07, 6.45) is -1.90. The molecule has 0 heterocycles. The number of amides is 2. The third kappa shape index (κ3) is 8.17. The lowest BCUT2D eigenvalue weighted by Crippen LogP contribution is -2.36. The first-order valence-corrected chi connectivity index (χ1v) is 10.4. The zero-order chi connectivity index (χ0) is 25.3. The van der Waals surface area contributed by atoms with Gasteiger partial charge in [-0.15, -0.1) is 0 Å². The van der Waals surface area contributed by atoms with E-state index in [4.69, 9.17) is 14.3 Å². The minimum absolute atomic E-state index is 0.0264. The van der Waals surface area contributed by atoms with Crippen molar-refractivity contribution < 1.29 is 38.9 Å². The predicted molar refractivity (Wildman–Crippen MR) is 123 cm³/mol. The largest absolute Gasteiger partial charge is 0.504 e. The lowest BCUT2D eigenvalue weighted by atomic mass is 10.0. The number of hydroxylamine groups is 1. The number of benzene rings is 2. The molecule has 0 saturated heterocycles. The van der Waals surface area contributed by atoms with E-state index in [1.807, 2.05) is 11.5 Å². The standard InChI is InChI=1S/C23H29N3O8/c1-23(2,3)33-22(31)26-34-19-17(27)11-10-15(12-16(24-4)20(28)29)18(19)25-21(30)32-13-14-8-6-5-7-9-14/h5-11,16,24,27H,12-13H2,1-4H3,(H,25,30)(H,26,31)(H,28,29)/t16-/m0/s1. The molecule has 2 aromatic carbocycles. The van der Waals surface area contributed by atoms with E-state index in [0.717, 1.165) is 5.56 Å². The summed E-state index contributed by atoms with van der Waals surface area (Å²) in [6, 6.07) is 10.6. The second kappa shape index (κ2) is 11.8. The first-order chi connectivity index (χ1) is 16.0. The van der Waals surface area contributed by atoms with E-state index in [1.54, 1.807) is 45.0 Å². The highest BCUT2D eigenvalue weighted by molar-refractivity contribution is 5.89. The number of carbonyl (C=O) groups excluding carboxylic acids is 2. The molecule has 0 aliphatic carbocycles. The van der Waals surface area contributed by atoms with Crippen LogP contribution in [-0.4, -0.2) is 47.1 Å². The number of hydrogen-bond acceptors (Lipinski definition) is 8. The van der Waals surface area contributed by atoms with Gasteiger partial charge in [0.15, 0.2) is 5.75 Å². The second-order valence-electron chi connectivity index (χ2n) is 8.22. The molecule has 2 amide bonds. The fourth-order valence-corrected chi connectivity index (χ4v) is 2.81. The predicted octanol–water partition coefficient (Wildman–Crippen LogP) is 3.17. The van der Waals surface area contributed by atoms with Crippen molar-refractivity contribution in [1.82, 2.24) is 10.8 Å². The van der Waals surface area contributed by atoms with Crippen molar-refractivity contribution in [2.75, 3.05) is 12.4 Å². The van der Waals surface area contributed by atoms with Crippen LogP contribution in [0.2, 0.25) is 0 Å². The highest BCUT2D eigenvalue weighted by atomic mass is 16.7. The summed E-state index contributed by atoms with van der Waals surface area (Å²) in [7, 11) is 1.47. The molecule has 0 unspecified atom stereocenters. The van der Waals surface area contributed by atoms with Gasteiger partial charge in [-0.2, -0.15) is 5.48 Å². The van der Waals surface area contributed by atoms with E-state index in [-0.39, 0.29) is 24.5 Å². The molecule has 0 fully saturated rings. The number of nitrogens with one attached hydrogen (secondary N) is 3. The highest BCUT2D eigenvalue weighted by Crippen LogP contribution is 2.38. The highest BCUT2D eigenvalue weighted by Gasteiger charge is 2.24. The summed E-state index contributed by atoms with van der Waals surface area (Å²) in [5.74, 6) is -1.86. The summed E-state index contributed by atoms with van der Waals surface area (Å²) in [4.78, 5) is 41.2. The first kappa shape index (κ1) is 26.3. The Morgan fingerprint density at radius 2 is 1.71 bits per heavy atom. The number of carboxylic acids is 1. The van der Waals surface area contributed by atoms with E-state index < -0.39 is 35.5 Å². The number of likely N-dealkylation sites (N-methyl/N-ethyl adjacent to an activating group) is 1. The Morgan fingerprint density at radius 3 is 2.29 bits per heavy atom.